The van der Waals surface area contributed by atoms with E-state index in [1.165, 1.54) is 0 Å². The maximum absolute atomic E-state index is 13.0. The van der Waals surface area contributed by atoms with Crippen LogP contribution < -0.4 is 0 Å². The molecule has 0 saturated carbocycles. The molecule has 46 heavy (non-hydrogen) atoms. The predicted octanol–water partition coefficient (Wildman–Crippen LogP) is 4.22. The maximum atomic E-state index is 13.0. The fourth-order valence-corrected chi connectivity index (χ4v) is 6.24. The molecule has 2 amide bonds. The van der Waals surface area contributed by atoms with Crippen LogP contribution in [-0.2, 0) is 25.6 Å². The largest absolute Gasteiger partial charge is 0.457 e. The fourth-order valence-electron chi connectivity index (χ4n) is 6.24. The van der Waals surface area contributed by atoms with Gasteiger partial charge in [0, 0.05) is 38.6 Å². The monoisotopic (exact) mass is 641 g/mol. The molecule has 0 aromatic heterocycles. The number of cyclic esters (lactones) is 1. The van der Waals surface area contributed by atoms with Crippen LogP contribution in [0.5, 0.6) is 0 Å². The van der Waals surface area contributed by atoms with Crippen molar-refractivity contribution in [2.75, 3.05) is 46.4 Å². The number of amides is 2. The first-order chi connectivity index (χ1) is 22.0. The highest BCUT2D eigenvalue weighted by molar-refractivity contribution is 5.71. The number of carbonyl (C=O) groups excluding carboxylic acids is 3. The van der Waals surface area contributed by atoms with Crippen molar-refractivity contribution in [3.63, 3.8) is 0 Å². The van der Waals surface area contributed by atoms with Crippen LogP contribution in [0.4, 0.5) is 9.59 Å². The van der Waals surface area contributed by atoms with E-state index in [1.54, 1.807) is 9.80 Å². The summed E-state index contributed by atoms with van der Waals surface area (Å²) in [4.78, 5) is 44.0. The summed E-state index contributed by atoms with van der Waals surface area (Å²) in [5.74, 6) is -0.782. The van der Waals surface area contributed by atoms with E-state index in [0.717, 1.165) is 42.6 Å². The van der Waals surface area contributed by atoms with Gasteiger partial charge in [0.2, 0.25) is 0 Å². The Balaban J connectivity index is 1.48. The van der Waals surface area contributed by atoms with Crippen molar-refractivity contribution < 1.29 is 38.8 Å². The first kappa shape index (κ1) is 35.4. The van der Waals surface area contributed by atoms with Gasteiger partial charge in [-0.2, -0.15) is 0 Å². The summed E-state index contributed by atoms with van der Waals surface area (Å²) in [5, 5.41) is 20.1. The number of hydrogen-bond acceptors (Lipinski definition) is 9. The van der Waals surface area contributed by atoms with Crippen LogP contribution in [0.1, 0.15) is 64.0 Å². The lowest BCUT2D eigenvalue weighted by molar-refractivity contribution is -0.151. The van der Waals surface area contributed by atoms with Gasteiger partial charge in [-0.15, -0.1) is 0 Å². The molecule has 6 atom stereocenters. The quantitative estimate of drug-likeness (QED) is 0.267. The Morgan fingerprint density at radius 2 is 1.80 bits per heavy atom. The summed E-state index contributed by atoms with van der Waals surface area (Å²) in [6.45, 7) is 9.26. The van der Waals surface area contributed by atoms with Gasteiger partial charge in [0.05, 0.1) is 25.2 Å². The molecule has 3 aliphatic rings. The zero-order chi connectivity index (χ0) is 33.2. The van der Waals surface area contributed by atoms with Crippen molar-refractivity contribution in [2.45, 2.75) is 83.8 Å². The first-order valence-electron chi connectivity index (χ1n) is 16.6. The van der Waals surface area contributed by atoms with Gasteiger partial charge < -0.3 is 39.1 Å². The number of aliphatic hydroxyl groups excluding tert-OH is 2. The van der Waals surface area contributed by atoms with E-state index in [0.29, 0.717) is 32.5 Å². The highest BCUT2D eigenvalue weighted by Gasteiger charge is 2.30. The second-order valence-corrected chi connectivity index (χ2v) is 13.1. The molecule has 11 nitrogen and oxygen atoms in total. The average Bonchev–Trinajstić information content (AvgIpc) is 3.52. The topological polar surface area (TPSA) is 129 Å². The number of aliphatic hydroxyl groups is 2. The molecule has 4 rings (SSSR count). The van der Waals surface area contributed by atoms with Crippen LogP contribution in [0.3, 0.4) is 0 Å². The first-order valence-corrected chi connectivity index (χ1v) is 16.6. The number of nitrogens with zero attached hydrogens (tertiary/aromatic N) is 3. The van der Waals surface area contributed by atoms with Crippen molar-refractivity contribution in [3.05, 3.63) is 53.1 Å². The van der Waals surface area contributed by atoms with Crippen LogP contribution in [-0.4, -0.2) is 114 Å². The smallest absolute Gasteiger partial charge is 0.410 e. The molecule has 11 heteroatoms. The summed E-state index contributed by atoms with van der Waals surface area (Å²) in [6.07, 6.45) is 5.50. The molecule has 0 radical (unpaired) electrons. The molecule has 0 unspecified atom stereocenters. The van der Waals surface area contributed by atoms with E-state index in [1.807, 2.05) is 70.3 Å². The number of likely N-dealkylation sites (tertiary alicyclic amines) is 1. The van der Waals surface area contributed by atoms with E-state index in [-0.39, 0.29) is 43.6 Å². The summed E-state index contributed by atoms with van der Waals surface area (Å²) in [6, 6.07) is 7.40. The molecule has 1 aromatic rings. The Hall–Kier alpha value is -3.41. The Kier molecular flexibility index (Phi) is 13.1. The molecule has 0 spiro atoms. The second kappa shape index (κ2) is 16.9. The van der Waals surface area contributed by atoms with Gasteiger partial charge >= 0.3 is 18.2 Å². The Bertz CT molecular complexity index is 1240. The molecular formula is C35H51N3O8. The number of benzene rings is 1. The van der Waals surface area contributed by atoms with Crippen molar-refractivity contribution in [3.8, 4) is 0 Å². The molecule has 1 aromatic carbocycles. The highest BCUT2D eigenvalue weighted by atomic mass is 16.6. The van der Waals surface area contributed by atoms with E-state index in [2.05, 4.69) is 4.90 Å². The van der Waals surface area contributed by atoms with Crippen molar-refractivity contribution in [1.29, 1.82) is 0 Å². The Morgan fingerprint density at radius 3 is 2.54 bits per heavy atom. The third-order valence-electron chi connectivity index (χ3n) is 9.24. The van der Waals surface area contributed by atoms with E-state index in [9.17, 15) is 24.6 Å². The number of piperazine rings is 1. The van der Waals surface area contributed by atoms with E-state index < -0.39 is 30.4 Å². The van der Waals surface area contributed by atoms with Gasteiger partial charge in [0.1, 0.15) is 18.8 Å². The molecule has 3 aliphatic heterocycles. The van der Waals surface area contributed by atoms with Crippen molar-refractivity contribution in [2.24, 2.45) is 11.8 Å². The predicted molar refractivity (Wildman–Crippen MR) is 174 cm³/mol. The Morgan fingerprint density at radius 1 is 1.04 bits per heavy atom. The average molecular weight is 642 g/mol. The van der Waals surface area contributed by atoms with Crippen LogP contribution in [0, 0.1) is 11.8 Å². The molecule has 254 valence electrons. The van der Waals surface area contributed by atoms with Crippen LogP contribution >= 0.6 is 0 Å². The van der Waals surface area contributed by atoms with E-state index in [4.69, 9.17) is 14.2 Å². The summed E-state index contributed by atoms with van der Waals surface area (Å²) >= 11 is 0. The molecule has 3 heterocycles. The van der Waals surface area contributed by atoms with Crippen molar-refractivity contribution in [1.82, 2.24) is 14.7 Å². The van der Waals surface area contributed by atoms with Gasteiger partial charge in [-0.05, 0) is 74.4 Å². The summed E-state index contributed by atoms with van der Waals surface area (Å²) in [5.41, 5.74) is 2.46. The molecule has 2 fully saturated rings. The minimum Gasteiger partial charge on any atom is -0.457 e. The minimum absolute atomic E-state index is 0.0584. The maximum Gasteiger partial charge on any atom is 0.410 e. The molecule has 0 aliphatic carbocycles. The molecule has 2 N–H and O–H groups in total. The number of ether oxygens (including phenoxy) is 3. The number of esters is 1. The van der Waals surface area contributed by atoms with Gasteiger partial charge in [-0.1, -0.05) is 44.2 Å². The molecule has 0 bridgehead atoms. The SMILES string of the molecule is C/C(=C\c1cccc(COC(=O)N2CCC[C@@H]2CO)c1)[C@H]1OC(=O)C[C@H](O)CC[C@H](C)[C@@H](OC(=O)N2CCN(C)CC2)/C=C\[C@@H]1C. The lowest BCUT2D eigenvalue weighted by atomic mass is 9.91. The van der Waals surface area contributed by atoms with Crippen LogP contribution in [0.2, 0.25) is 0 Å². The minimum atomic E-state index is -0.861. The lowest BCUT2D eigenvalue weighted by Gasteiger charge is -2.33. The standard InChI is InChI=1S/C35H51N3O8/c1-24-10-12-30(40)21-32(41)46-33(25(2)11-13-31(24)45-34(42)37-17-15-36(4)16-18-37)26(3)19-27-7-5-8-28(20-27)23-44-35(43)38-14-6-9-29(38)22-39/h5,7-8,11,13,19-20,24-25,29-31,33,39-40H,6,9-10,12,14-18,21-23H2,1-4H3/b13-11-,26-19+/t24-,25-,29+,30+,31-,33-/m0/s1. The summed E-state index contributed by atoms with van der Waals surface area (Å²) < 4.78 is 17.5. The second-order valence-electron chi connectivity index (χ2n) is 13.1. The molecule has 2 saturated heterocycles. The third kappa shape index (κ3) is 10.0. The summed E-state index contributed by atoms with van der Waals surface area (Å²) in [7, 11) is 2.03. The highest BCUT2D eigenvalue weighted by Crippen LogP contribution is 2.26. The van der Waals surface area contributed by atoms with Gasteiger partial charge in [0.25, 0.3) is 0 Å². The zero-order valence-electron chi connectivity index (χ0n) is 27.7. The fraction of sp³-hybridized carbons (Fsp3) is 0.629. The normalized spacial score (nSPS) is 29.3. The van der Waals surface area contributed by atoms with Crippen LogP contribution in [0.15, 0.2) is 42.0 Å². The van der Waals surface area contributed by atoms with Gasteiger partial charge in [-0.3, -0.25) is 4.79 Å². The van der Waals surface area contributed by atoms with Crippen molar-refractivity contribution >= 4 is 24.2 Å². The number of likely N-dealkylation sites (N-methyl/N-ethyl adjacent to an activating group) is 1. The molecular weight excluding hydrogens is 590 g/mol. The number of hydrogen-bond donors (Lipinski definition) is 2. The Labute approximate surface area is 272 Å². The van der Waals surface area contributed by atoms with Gasteiger partial charge in [0.15, 0.2) is 0 Å². The zero-order valence-corrected chi connectivity index (χ0v) is 27.7. The van der Waals surface area contributed by atoms with Crippen LogP contribution in [0.25, 0.3) is 6.08 Å². The van der Waals surface area contributed by atoms with Gasteiger partial charge in [-0.25, -0.2) is 9.59 Å². The van der Waals surface area contributed by atoms with E-state index >= 15 is 0 Å². The number of carbonyl (C=O) groups is 3. The third-order valence-corrected chi connectivity index (χ3v) is 9.24. The lowest BCUT2D eigenvalue weighted by Crippen LogP contribution is -2.48. The number of rotatable bonds is 6.